The van der Waals surface area contributed by atoms with Crippen LogP contribution in [0.25, 0.3) is 5.57 Å². The maximum absolute atomic E-state index is 13.0. The van der Waals surface area contributed by atoms with Gasteiger partial charge in [-0.2, -0.15) is 13.2 Å². The van der Waals surface area contributed by atoms with Gasteiger partial charge in [0.15, 0.2) is 0 Å². The van der Waals surface area contributed by atoms with Crippen LogP contribution in [0.5, 0.6) is 5.88 Å². The van der Waals surface area contributed by atoms with E-state index in [0.29, 0.717) is 46.1 Å². The molecule has 1 aliphatic rings. The van der Waals surface area contributed by atoms with Crippen molar-refractivity contribution in [2.24, 2.45) is 0 Å². The number of carbonyl (C=O) groups excluding carboxylic acids is 2. The molecule has 1 atom stereocenters. The molecule has 7 nitrogen and oxygen atoms in total. The van der Waals surface area contributed by atoms with Crippen molar-refractivity contribution in [2.75, 3.05) is 17.2 Å². The summed E-state index contributed by atoms with van der Waals surface area (Å²) >= 11 is 0. The van der Waals surface area contributed by atoms with Crippen molar-refractivity contribution in [2.45, 2.75) is 25.6 Å². The number of pyridine rings is 1. The molecule has 1 aromatic heterocycles. The number of amides is 2. The lowest BCUT2D eigenvalue weighted by Crippen LogP contribution is -2.34. The summed E-state index contributed by atoms with van der Waals surface area (Å²) in [6, 6.07) is 13.1. The van der Waals surface area contributed by atoms with Crippen molar-refractivity contribution in [3.8, 4) is 5.88 Å². The Bertz CT molecular complexity index is 1380. The zero-order valence-corrected chi connectivity index (χ0v) is 20.3. The second-order valence-corrected chi connectivity index (χ2v) is 8.36. The van der Waals surface area contributed by atoms with Gasteiger partial charge in [-0.15, -0.1) is 0 Å². The third-order valence-electron chi connectivity index (χ3n) is 5.77. The Labute approximate surface area is 216 Å². The fraction of sp³-hybridized carbons (Fsp3) is 0.179. The Kier molecular flexibility index (Phi) is 7.92. The third kappa shape index (κ3) is 6.27. The molecule has 0 saturated carbocycles. The van der Waals surface area contributed by atoms with Crippen LogP contribution in [0.2, 0.25) is 0 Å². The minimum absolute atomic E-state index is 0.0596. The number of halogens is 3. The molecule has 2 aromatic carbocycles. The summed E-state index contributed by atoms with van der Waals surface area (Å²) in [6.07, 6.45) is 0.268. The molecule has 1 aliphatic heterocycles. The SMILES string of the molecule is CCOc1ccc(/C(=C\C=C\C(=O)Nc2cccc3c2CC(O)C(=O)N3)c2ccc(C(F)(F)F)cc2)cn1. The van der Waals surface area contributed by atoms with Crippen LogP contribution in [0.1, 0.15) is 29.2 Å². The molecule has 0 fully saturated rings. The number of ether oxygens (including phenoxy) is 1. The van der Waals surface area contributed by atoms with Crippen molar-refractivity contribution in [3.05, 3.63) is 101 Å². The van der Waals surface area contributed by atoms with Crippen LogP contribution in [0, 0.1) is 0 Å². The number of aromatic nitrogens is 1. The number of carbonyl (C=O) groups is 2. The zero-order chi connectivity index (χ0) is 27.3. The average molecular weight is 524 g/mol. The number of aliphatic hydroxyl groups is 1. The number of fused-ring (bicyclic) bond motifs is 1. The third-order valence-corrected chi connectivity index (χ3v) is 5.77. The van der Waals surface area contributed by atoms with Gasteiger partial charge in [-0.25, -0.2) is 4.98 Å². The Morgan fingerprint density at radius 2 is 1.89 bits per heavy atom. The van der Waals surface area contributed by atoms with Crippen LogP contribution in [0.4, 0.5) is 24.5 Å². The van der Waals surface area contributed by atoms with E-state index in [1.54, 1.807) is 36.4 Å². The summed E-state index contributed by atoms with van der Waals surface area (Å²) in [6.45, 7) is 2.25. The van der Waals surface area contributed by atoms with E-state index in [2.05, 4.69) is 15.6 Å². The highest BCUT2D eigenvalue weighted by Crippen LogP contribution is 2.32. The van der Waals surface area contributed by atoms with Gasteiger partial charge in [-0.1, -0.05) is 30.4 Å². The number of hydrogen-bond acceptors (Lipinski definition) is 5. The Balaban J connectivity index is 1.59. The van der Waals surface area contributed by atoms with Crippen LogP contribution >= 0.6 is 0 Å². The highest BCUT2D eigenvalue weighted by atomic mass is 19.4. The molecule has 0 saturated heterocycles. The van der Waals surface area contributed by atoms with Crippen molar-refractivity contribution >= 4 is 28.8 Å². The van der Waals surface area contributed by atoms with Gasteiger partial charge in [-0.3, -0.25) is 9.59 Å². The fourth-order valence-electron chi connectivity index (χ4n) is 3.92. The lowest BCUT2D eigenvalue weighted by atomic mass is 9.97. The van der Waals surface area contributed by atoms with Gasteiger partial charge < -0.3 is 20.5 Å². The minimum atomic E-state index is -4.46. The van der Waals surface area contributed by atoms with Crippen LogP contribution in [0.3, 0.4) is 0 Å². The molecule has 196 valence electrons. The Morgan fingerprint density at radius 3 is 2.55 bits per heavy atom. The van der Waals surface area contributed by atoms with Gasteiger partial charge in [0.2, 0.25) is 11.8 Å². The van der Waals surface area contributed by atoms with E-state index in [-0.39, 0.29) is 6.42 Å². The lowest BCUT2D eigenvalue weighted by Gasteiger charge is -2.23. The molecular weight excluding hydrogens is 499 g/mol. The number of aliphatic hydroxyl groups excluding tert-OH is 1. The van der Waals surface area contributed by atoms with E-state index < -0.39 is 29.7 Å². The zero-order valence-electron chi connectivity index (χ0n) is 20.3. The summed E-state index contributed by atoms with van der Waals surface area (Å²) in [4.78, 5) is 28.6. The molecule has 10 heteroatoms. The first-order chi connectivity index (χ1) is 18.2. The quantitative estimate of drug-likeness (QED) is 0.300. The first kappa shape index (κ1) is 26.6. The van der Waals surface area contributed by atoms with E-state index >= 15 is 0 Å². The number of alkyl halides is 3. The number of benzene rings is 2. The molecule has 0 bridgehead atoms. The van der Waals surface area contributed by atoms with Crippen LogP contribution in [-0.4, -0.2) is 34.6 Å². The molecule has 38 heavy (non-hydrogen) atoms. The van der Waals surface area contributed by atoms with Gasteiger partial charge in [0.1, 0.15) is 6.10 Å². The predicted molar refractivity (Wildman–Crippen MR) is 136 cm³/mol. The predicted octanol–water partition coefficient (Wildman–Crippen LogP) is 4.98. The van der Waals surface area contributed by atoms with Crippen molar-refractivity contribution in [1.29, 1.82) is 0 Å². The van der Waals surface area contributed by atoms with Crippen LogP contribution < -0.4 is 15.4 Å². The number of rotatable bonds is 7. The van der Waals surface area contributed by atoms with E-state index in [9.17, 15) is 27.9 Å². The molecule has 1 unspecified atom stereocenters. The van der Waals surface area contributed by atoms with E-state index in [1.807, 2.05) is 6.92 Å². The average Bonchev–Trinajstić information content (AvgIpc) is 2.88. The topological polar surface area (TPSA) is 101 Å². The minimum Gasteiger partial charge on any atom is -0.478 e. The molecule has 0 radical (unpaired) electrons. The first-order valence-electron chi connectivity index (χ1n) is 11.7. The van der Waals surface area contributed by atoms with E-state index in [1.165, 1.54) is 30.5 Å². The summed E-state index contributed by atoms with van der Waals surface area (Å²) in [5.41, 5.74) is 2.43. The second kappa shape index (κ2) is 11.3. The molecule has 4 rings (SSSR count). The van der Waals surface area contributed by atoms with Gasteiger partial charge in [0, 0.05) is 47.3 Å². The number of allylic oxidation sites excluding steroid dienone is 2. The van der Waals surface area contributed by atoms with E-state index in [0.717, 1.165) is 12.1 Å². The number of nitrogens with zero attached hydrogens (tertiary/aromatic N) is 1. The monoisotopic (exact) mass is 523 g/mol. The largest absolute Gasteiger partial charge is 0.478 e. The summed E-state index contributed by atoms with van der Waals surface area (Å²) in [5, 5.41) is 15.2. The van der Waals surface area contributed by atoms with Crippen molar-refractivity contribution < 1.29 is 32.6 Å². The molecular formula is C28H24F3N3O4. The summed E-state index contributed by atoms with van der Waals surface area (Å²) in [7, 11) is 0. The van der Waals surface area contributed by atoms with Crippen LogP contribution in [-0.2, 0) is 22.2 Å². The Hall–Kier alpha value is -4.44. The molecule has 0 spiro atoms. The molecule has 3 aromatic rings. The Morgan fingerprint density at radius 1 is 1.16 bits per heavy atom. The number of nitrogens with one attached hydrogen (secondary N) is 2. The second-order valence-electron chi connectivity index (χ2n) is 8.36. The summed E-state index contributed by atoms with van der Waals surface area (Å²) in [5.74, 6) is -0.575. The fourth-order valence-corrected chi connectivity index (χ4v) is 3.92. The normalized spacial score (nSPS) is 15.7. The standard InChI is InChI=1S/C28H24F3N3O4/c1-2-38-26-14-11-18(16-32-26)20(17-9-12-19(13-10-17)28(29,30)31)5-3-8-25(36)33-22-6-4-7-23-21(22)15-24(35)27(37)34-23/h3-14,16,24,35H,2,15H2,1H3,(H,33,36)(H,34,37)/b8-3+,20-5-. The van der Waals surface area contributed by atoms with Gasteiger partial charge >= 0.3 is 6.18 Å². The smallest absolute Gasteiger partial charge is 0.416 e. The van der Waals surface area contributed by atoms with Crippen LogP contribution in [0.15, 0.2) is 79.0 Å². The van der Waals surface area contributed by atoms with Gasteiger partial charge in [0.05, 0.1) is 12.2 Å². The maximum atomic E-state index is 13.0. The molecule has 2 amide bonds. The lowest BCUT2D eigenvalue weighted by molar-refractivity contribution is -0.137. The first-order valence-corrected chi connectivity index (χ1v) is 11.7. The maximum Gasteiger partial charge on any atom is 0.416 e. The van der Waals surface area contributed by atoms with Crippen molar-refractivity contribution in [1.82, 2.24) is 4.98 Å². The number of hydrogen-bond donors (Lipinski definition) is 3. The van der Waals surface area contributed by atoms with Gasteiger partial charge in [0.25, 0.3) is 5.91 Å². The molecule has 3 N–H and O–H groups in total. The molecule has 0 aliphatic carbocycles. The van der Waals surface area contributed by atoms with Gasteiger partial charge in [-0.05, 0) is 48.4 Å². The van der Waals surface area contributed by atoms with Crippen molar-refractivity contribution in [3.63, 3.8) is 0 Å². The summed E-state index contributed by atoms with van der Waals surface area (Å²) < 4.78 is 44.5. The van der Waals surface area contributed by atoms with E-state index in [4.69, 9.17) is 4.74 Å². The highest BCUT2D eigenvalue weighted by molar-refractivity contribution is 6.03. The molecule has 2 heterocycles. The highest BCUT2D eigenvalue weighted by Gasteiger charge is 2.30. The number of anilines is 2.